The van der Waals surface area contributed by atoms with Crippen LogP contribution in [0.3, 0.4) is 0 Å². The molecule has 1 saturated heterocycles. The fourth-order valence-corrected chi connectivity index (χ4v) is 2.63. The summed E-state index contributed by atoms with van der Waals surface area (Å²) in [6, 6.07) is 5.91. The fourth-order valence-electron chi connectivity index (χ4n) is 2.63. The van der Waals surface area contributed by atoms with Gasteiger partial charge in [0, 0.05) is 26.2 Å². The molecule has 132 valence electrons. The van der Waals surface area contributed by atoms with Crippen molar-refractivity contribution in [3.8, 4) is 0 Å². The number of amides is 2. The first kappa shape index (κ1) is 18.2. The van der Waals surface area contributed by atoms with Gasteiger partial charge < -0.3 is 15.0 Å². The Bertz CT molecular complexity index is 557. The van der Waals surface area contributed by atoms with Gasteiger partial charge in [-0.1, -0.05) is 12.1 Å². The Morgan fingerprint density at radius 1 is 1.21 bits per heavy atom. The molecule has 1 aliphatic heterocycles. The molecule has 1 unspecified atom stereocenters. The van der Waals surface area contributed by atoms with E-state index in [1.54, 1.807) is 24.0 Å². The minimum atomic E-state index is -0.300. The highest BCUT2D eigenvalue weighted by molar-refractivity contribution is 5.78. The number of ether oxygens (including phenoxy) is 1. The summed E-state index contributed by atoms with van der Waals surface area (Å²) < 4.78 is 17.9. The second kappa shape index (κ2) is 8.63. The highest BCUT2D eigenvalue weighted by atomic mass is 19.1. The van der Waals surface area contributed by atoms with Crippen molar-refractivity contribution >= 4 is 12.0 Å². The van der Waals surface area contributed by atoms with Crippen molar-refractivity contribution in [2.45, 2.75) is 19.9 Å². The van der Waals surface area contributed by atoms with Crippen LogP contribution in [0.25, 0.3) is 0 Å². The van der Waals surface area contributed by atoms with Crippen molar-refractivity contribution in [1.82, 2.24) is 15.1 Å². The summed E-state index contributed by atoms with van der Waals surface area (Å²) in [4.78, 5) is 27.4. The lowest BCUT2D eigenvalue weighted by atomic mass is 10.1. The Morgan fingerprint density at radius 2 is 1.83 bits per heavy atom. The zero-order chi connectivity index (χ0) is 17.5. The van der Waals surface area contributed by atoms with Gasteiger partial charge in [0.25, 0.3) is 0 Å². The first-order chi connectivity index (χ1) is 11.5. The van der Waals surface area contributed by atoms with Crippen LogP contribution in [0.15, 0.2) is 24.3 Å². The minimum Gasteiger partial charge on any atom is -0.450 e. The quantitative estimate of drug-likeness (QED) is 0.890. The van der Waals surface area contributed by atoms with E-state index in [1.807, 2.05) is 11.8 Å². The predicted octanol–water partition coefficient (Wildman–Crippen LogP) is 1.78. The summed E-state index contributed by atoms with van der Waals surface area (Å²) in [5, 5.41) is 2.91. The zero-order valence-corrected chi connectivity index (χ0v) is 14.1. The van der Waals surface area contributed by atoms with E-state index < -0.39 is 0 Å². The van der Waals surface area contributed by atoms with Crippen LogP contribution < -0.4 is 5.32 Å². The summed E-state index contributed by atoms with van der Waals surface area (Å²) in [5.74, 6) is -0.381. The molecular formula is C17H24FN3O3. The Morgan fingerprint density at radius 3 is 2.42 bits per heavy atom. The van der Waals surface area contributed by atoms with Gasteiger partial charge in [0.1, 0.15) is 5.82 Å². The molecule has 1 aromatic carbocycles. The molecule has 0 saturated carbocycles. The topological polar surface area (TPSA) is 61.9 Å². The number of benzene rings is 1. The molecule has 0 aliphatic carbocycles. The van der Waals surface area contributed by atoms with E-state index in [1.165, 1.54) is 12.1 Å². The number of nitrogens with one attached hydrogen (secondary N) is 1. The van der Waals surface area contributed by atoms with Crippen LogP contribution in [0.1, 0.15) is 25.5 Å². The largest absolute Gasteiger partial charge is 0.450 e. The molecule has 1 aromatic rings. The van der Waals surface area contributed by atoms with Crippen LogP contribution in [-0.4, -0.2) is 61.1 Å². The molecule has 7 heteroatoms. The normalized spacial score (nSPS) is 16.5. The number of rotatable bonds is 5. The van der Waals surface area contributed by atoms with Gasteiger partial charge in [0.2, 0.25) is 5.91 Å². The van der Waals surface area contributed by atoms with Gasteiger partial charge >= 0.3 is 6.09 Å². The minimum absolute atomic E-state index is 0.0867. The SMILES string of the molecule is CCOC(=O)N1CCN(CC(=O)NC(C)c2ccc(F)cc2)CC1. The number of halogens is 1. The molecule has 1 N–H and O–H groups in total. The molecule has 0 spiro atoms. The Balaban J connectivity index is 1.75. The maximum absolute atomic E-state index is 12.9. The van der Waals surface area contributed by atoms with Crippen LogP contribution in [0.2, 0.25) is 0 Å². The van der Waals surface area contributed by atoms with Gasteiger partial charge in [-0.25, -0.2) is 9.18 Å². The van der Waals surface area contributed by atoms with E-state index in [4.69, 9.17) is 4.74 Å². The third-order valence-corrected chi connectivity index (χ3v) is 4.01. The zero-order valence-electron chi connectivity index (χ0n) is 14.1. The Labute approximate surface area is 141 Å². The number of hydrogen-bond acceptors (Lipinski definition) is 4. The maximum Gasteiger partial charge on any atom is 0.409 e. The van der Waals surface area contributed by atoms with Crippen LogP contribution in [-0.2, 0) is 9.53 Å². The highest BCUT2D eigenvalue weighted by Gasteiger charge is 2.23. The van der Waals surface area contributed by atoms with Gasteiger partial charge in [-0.05, 0) is 31.5 Å². The summed E-state index contributed by atoms with van der Waals surface area (Å²) in [6.45, 7) is 6.67. The molecule has 2 rings (SSSR count). The number of hydrogen-bond donors (Lipinski definition) is 1. The van der Waals surface area contributed by atoms with E-state index in [2.05, 4.69) is 5.32 Å². The van der Waals surface area contributed by atoms with Crippen LogP contribution >= 0.6 is 0 Å². The molecule has 0 radical (unpaired) electrons. The first-order valence-electron chi connectivity index (χ1n) is 8.18. The molecule has 2 amide bonds. The molecule has 1 fully saturated rings. The third kappa shape index (κ3) is 5.19. The second-order valence-corrected chi connectivity index (χ2v) is 5.80. The van der Waals surface area contributed by atoms with Crippen molar-refractivity contribution in [3.05, 3.63) is 35.6 Å². The maximum atomic E-state index is 12.9. The number of carbonyl (C=O) groups is 2. The lowest BCUT2D eigenvalue weighted by molar-refractivity contribution is -0.123. The third-order valence-electron chi connectivity index (χ3n) is 4.01. The van der Waals surface area contributed by atoms with Crippen molar-refractivity contribution in [3.63, 3.8) is 0 Å². The van der Waals surface area contributed by atoms with Gasteiger partial charge in [-0.3, -0.25) is 9.69 Å². The Kier molecular flexibility index (Phi) is 6.54. The molecule has 0 aromatic heterocycles. The monoisotopic (exact) mass is 337 g/mol. The summed E-state index contributed by atoms with van der Waals surface area (Å²) >= 11 is 0. The van der Waals surface area contributed by atoms with Crippen molar-refractivity contribution in [2.24, 2.45) is 0 Å². The second-order valence-electron chi connectivity index (χ2n) is 5.80. The molecule has 6 nitrogen and oxygen atoms in total. The molecule has 1 aliphatic rings. The fraction of sp³-hybridized carbons (Fsp3) is 0.529. The smallest absolute Gasteiger partial charge is 0.409 e. The van der Waals surface area contributed by atoms with Crippen molar-refractivity contribution in [2.75, 3.05) is 39.3 Å². The number of carbonyl (C=O) groups excluding carboxylic acids is 2. The average molecular weight is 337 g/mol. The van der Waals surface area contributed by atoms with E-state index in [9.17, 15) is 14.0 Å². The lowest BCUT2D eigenvalue weighted by Gasteiger charge is -2.33. The number of piperazine rings is 1. The molecule has 24 heavy (non-hydrogen) atoms. The van der Waals surface area contributed by atoms with E-state index in [0.717, 1.165) is 5.56 Å². The van der Waals surface area contributed by atoms with Gasteiger partial charge in [-0.2, -0.15) is 0 Å². The van der Waals surface area contributed by atoms with Crippen LogP contribution in [0, 0.1) is 5.82 Å². The first-order valence-corrected chi connectivity index (χ1v) is 8.18. The van der Waals surface area contributed by atoms with Gasteiger partial charge in [-0.15, -0.1) is 0 Å². The molecule has 1 heterocycles. The van der Waals surface area contributed by atoms with Gasteiger partial charge in [0.15, 0.2) is 0 Å². The molecular weight excluding hydrogens is 313 g/mol. The lowest BCUT2D eigenvalue weighted by Crippen LogP contribution is -2.51. The summed E-state index contributed by atoms with van der Waals surface area (Å²) in [6.07, 6.45) is -0.300. The van der Waals surface area contributed by atoms with E-state index in [0.29, 0.717) is 32.8 Å². The van der Waals surface area contributed by atoms with Crippen LogP contribution in [0.4, 0.5) is 9.18 Å². The predicted molar refractivity (Wildman–Crippen MR) is 88.0 cm³/mol. The van der Waals surface area contributed by atoms with Crippen LogP contribution in [0.5, 0.6) is 0 Å². The highest BCUT2D eigenvalue weighted by Crippen LogP contribution is 2.13. The van der Waals surface area contributed by atoms with Crippen molar-refractivity contribution < 1.29 is 18.7 Å². The summed E-state index contributed by atoms with van der Waals surface area (Å²) in [7, 11) is 0. The summed E-state index contributed by atoms with van der Waals surface area (Å²) in [5.41, 5.74) is 0.858. The standard InChI is InChI=1S/C17H24FN3O3/c1-3-24-17(23)21-10-8-20(9-11-21)12-16(22)19-13(2)14-4-6-15(18)7-5-14/h4-7,13H,3,8-12H2,1-2H3,(H,19,22). The molecule has 0 bridgehead atoms. The van der Waals surface area contributed by atoms with Gasteiger partial charge in [0.05, 0.1) is 19.2 Å². The average Bonchev–Trinajstić information content (AvgIpc) is 2.56. The van der Waals surface area contributed by atoms with E-state index in [-0.39, 0.29) is 30.4 Å². The Hall–Kier alpha value is -2.15. The molecule has 1 atom stereocenters. The van der Waals surface area contributed by atoms with E-state index >= 15 is 0 Å². The number of nitrogens with zero attached hydrogens (tertiary/aromatic N) is 2. The van der Waals surface area contributed by atoms with Crippen molar-refractivity contribution in [1.29, 1.82) is 0 Å².